The molecule has 0 aromatic carbocycles. The van der Waals surface area contributed by atoms with Crippen LogP contribution >= 0.6 is 0 Å². The molecule has 0 saturated carbocycles. The zero-order valence-corrected chi connectivity index (χ0v) is 27.2. The Morgan fingerprint density at radius 1 is 0.738 bits per heavy atom. The van der Waals surface area contributed by atoms with E-state index >= 15 is 0 Å². The summed E-state index contributed by atoms with van der Waals surface area (Å²) in [5.74, 6) is -1.82. The van der Waals surface area contributed by atoms with Crippen molar-refractivity contribution in [3.05, 3.63) is 36.5 Å². The fourth-order valence-electron chi connectivity index (χ4n) is 4.27. The largest absolute Gasteiger partial charge is 0.544 e. The fourth-order valence-corrected chi connectivity index (χ4v) is 4.27. The maximum atomic E-state index is 12.5. The first kappa shape index (κ1) is 39.5. The smallest absolute Gasteiger partial charge is 0.306 e. The monoisotopic (exact) mass is 593 g/mol. The molecule has 0 amide bonds. The summed E-state index contributed by atoms with van der Waals surface area (Å²) in [5.41, 5.74) is 0. The predicted molar refractivity (Wildman–Crippen MR) is 167 cm³/mol. The highest BCUT2D eigenvalue weighted by atomic mass is 16.6. The number of carboxylic acid groups (broad SMARTS) is 1. The van der Waals surface area contributed by atoms with Crippen molar-refractivity contribution >= 4 is 17.9 Å². The Hall–Kier alpha value is -2.45. The van der Waals surface area contributed by atoms with Gasteiger partial charge in [-0.05, 0) is 38.5 Å². The molecule has 0 aromatic rings. The Labute approximate surface area is 255 Å². The number of hydrogen-bond acceptors (Lipinski definition) is 7. The predicted octanol–water partition coefficient (Wildman–Crippen LogP) is 5.84. The van der Waals surface area contributed by atoms with Gasteiger partial charge in [-0.1, -0.05) is 88.8 Å². The Morgan fingerprint density at radius 2 is 1.33 bits per heavy atom. The number of carbonyl (C=O) groups excluding carboxylic acids is 3. The molecule has 0 heterocycles. The number of hydrogen-bond donors (Lipinski definition) is 0. The molecule has 0 aliphatic heterocycles. The summed E-state index contributed by atoms with van der Waals surface area (Å²) in [5, 5.41) is 11.5. The maximum absolute atomic E-state index is 12.5. The van der Waals surface area contributed by atoms with Crippen molar-refractivity contribution in [3.63, 3.8) is 0 Å². The minimum Gasteiger partial charge on any atom is -0.544 e. The highest BCUT2D eigenvalue weighted by molar-refractivity contribution is 5.70. The molecule has 2 atom stereocenters. The van der Waals surface area contributed by atoms with Crippen LogP contribution in [0.4, 0.5) is 0 Å². The van der Waals surface area contributed by atoms with Gasteiger partial charge in [-0.3, -0.25) is 9.59 Å². The van der Waals surface area contributed by atoms with Gasteiger partial charge < -0.3 is 28.6 Å². The van der Waals surface area contributed by atoms with E-state index in [4.69, 9.17) is 14.2 Å². The van der Waals surface area contributed by atoms with Crippen LogP contribution in [0.1, 0.15) is 110 Å². The molecule has 2 unspecified atom stereocenters. The SMILES string of the molecule is CC/C=C/C/C=C/C/C=C/CCCC(=O)OC(COCCC(C(=O)[O-])[N+](C)(C)C)COC(=O)CCCCCCCCC. The third kappa shape index (κ3) is 24.2. The minimum atomic E-state index is -1.14. The lowest BCUT2D eigenvalue weighted by Gasteiger charge is -2.34. The van der Waals surface area contributed by atoms with Crippen molar-refractivity contribution in [1.82, 2.24) is 0 Å². The molecule has 0 fully saturated rings. The molecule has 8 nitrogen and oxygen atoms in total. The van der Waals surface area contributed by atoms with E-state index in [1.54, 1.807) is 21.1 Å². The Bertz CT molecular complexity index is 798. The van der Waals surface area contributed by atoms with Gasteiger partial charge in [0.25, 0.3) is 0 Å². The molecule has 42 heavy (non-hydrogen) atoms. The van der Waals surface area contributed by atoms with E-state index in [9.17, 15) is 19.5 Å². The number of unbranched alkanes of at least 4 members (excludes halogenated alkanes) is 7. The molecule has 0 spiro atoms. The summed E-state index contributed by atoms with van der Waals surface area (Å²) < 4.78 is 16.9. The van der Waals surface area contributed by atoms with Gasteiger partial charge >= 0.3 is 11.9 Å². The van der Waals surface area contributed by atoms with Gasteiger partial charge in [0.15, 0.2) is 6.10 Å². The molecular weight excluding hydrogens is 534 g/mol. The van der Waals surface area contributed by atoms with Gasteiger partial charge in [-0.25, -0.2) is 0 Å². The molecule has 8 heteroatoms. The van der Waals surface area contributed by atoms with Gasteiger partial charge in [0.1, 0.15) is 12.6 Å². The highest BCUT2D eigenvalue weighted by Gasteiger charge is 2.25. The van der Waals surface area contributed by atoms with Crippen LogP contribution in [0, 0.1) is 0 Å². The van der Waals surface area contributed by atoms with Gasteiger partial charge in [-0.2, -0.15) is 0 Å². The van der Waals surface area contributed by atoms with E-state index in [0.717, 1.165) is 44.9 Å². The number of likely N-dealkylation sites (N-methyl/N-ethyl adjacent to an activating group) is 1. The van der Waals surface area contributed by atoms with Crippen LogP contribution in [0.3, 0.4) is 0 Å². The normalized spacial score (nSPS) is 13.6. The van der Waals surface area contributed by atoms with Gasteiger partial charge in [0.2, 0.25) is 0 Å². The number of quaternary nitrogens is 1. The van der Waals surface area contributed by atoms with Crippen LogP contribution in [0.2, 0.25) is 0 Å². The molecule has 0 aromatic heterocycles. The average molecular weight is 594 g/mol. The van der Waals surface area contributed by atoms with Crippen molar-refractivity contribution in [2.75, 3.05) is 41.0 Å². The van der Waals surface area contributed by atoms with Gasteiger partial charge in [0.05, 0.1) is 40.3 Å². The third-order valence-corrected chi connectivity index (χ3v) is 6.79. The van der Waals surface area contributed by atoms with Crippen molar-refractivity contribution in [3.8, 4) is 0 Å². The van der Waals surface area contributed by atoms with Crippen molar-refractivity contribution in [1.29, 1.82) is 0 Å². The number of nitrogens with zero attached hydrogens (tertiary/aromatic N) is 1. The fraction of sp³-hybridized carbons (Fsp3) is 0.735. The summed E-state index contributed by atoms with van der Waals surface area (Å²) in [6.45, 7) is 4.40. The van der Waals surface area contributed by atoms with E-state index in [-0.39, 0.29) is 49.1 Å². The van der Waals surface area contributed by atoms with Gasteiger partial charge in [0, 0.05) is 19.3 Å². The van der Waals surface area contributed by atoms with Crippen LogP contribution in [-0.2, 0) is 28.6 Å². The first-order chi connectivity index (χ1) is 20.1. The molecule has 0 radical (unpaired) electrons. The van der Waals surface area contributed by atoms with E-state index < -0.39 is 18.1 Å². The van der Waals surface area contributed by atoms with Crippen molar-refractivity contribution in [2.45, 2.75) is 122 Å². The van der Waals surface area contributed by atoms with Crippen LogP contribution in [-0.4, -0.2) is 75.5 Å². The number of carbonyl (C=O) groups is 3. The summed E-state index contributed by atoms with van der Waals surface area (Å²) in [4.78, 5) is 36.3. The number of rotatable bonds is 27. The number of carboxylic acids is 1. The van der Waals surface area contributed by atoms with Crippen molar-refractivity contribution < 1.29 is 38.2 Å². The summed E-state index contributed by atoms with van der Waals surface area (Å²) in [7, 11) is 5.36. The third-order valence-electron chi connectivity index (χ3n) is 6.79. The number of aliphatic carboxylic acids is 1. The second kappa shape index (κ2) is 26.2. The summed E-state index contributed by atoms with van der Waals surface area (Å²) >= 11 is 0. The lowest BCUT2D eigenvalue weighted by molar-refractivity contribution is -0.889. The van der Waals surface area contributed by atoms with E-state index in [2.05, 4.69) is 50.3 Å². The quantitative estimate of drug-likeness (QED) is 0.0510. The van der Waals surface area contributed by atoms with Gasteiger partial charge in [-0.15, -0.1) is 0 Å². The molecule has 0 aliphatic rings. The minimum absolute atomic E-state index is 0.0209. The first-order valence-corrected chi connectivity index (χ1v) is 16.0. The zero-order valence-electron chi connectivity index (χ0n) is 27.2. The van der Waals surface area contributed by atoms with E-state index in [0.29, 0.717) is 12.8 Å². The second-order valence-electron chi connectivity index (χ2n) is 11.7. The van der Waals surface area contributed by atoms with Crippen LogP contribution < -0.4 is 5.11 Å². The lowest BCUT2D eigenvalue weighted by Crippen LogP contribution is -2.55. The van der Waals surface area contributed by atoms with Crippen LogP contribution in [0.25, 0.3) is 0 Å². The lowest BCUT2D eigenvalue weighted by atomic mass is 10.1. The molecule has 0 bridgehead atoms. The number of allylic oxidation sites excluding steroid dienone is 6. The molecule has 0 saturated heterocycles. The number of esters is 2. The Kier molecular flexibility index (Phi) is 24.7. The van der Waals surface area contributed by atoms with Crippen LogP contribution in [0.15, 0.2) is 36.5 Å². The van der Waals surface area contributed by atoms with E-state index in [1.807, 2.05) is 0 Å². The highest BCUT2D eigenvalue weighted by Crippen LogP contribution is 2.11. The first-order valence-electron chi connectivity index (χ1n) is 16.0. The molecular formula is C34H59NO7. The Balaban J connectivity index is 4.61. The van der Waals surface area contributed by atoms with E-state index in [1.165, 1.54) is 25.7 Å². The second-order valence-corrected chi connectivity index (χ2v) is 11.7. The zero-order chi connectivity index (χ0) is 31.5. The molecule has 0 N–H and O–H groups in total. The topological polar surface area (TPSA) is 102 Å². The number of ether oxygens (including phenoxy) is 3. The molecule has 0 rings (SSSR count). The molecule has 242 valence electrons. The molecule has 0 aliphatic carbocycles. The average Bonchev–Trinajstić information content (AvgIpc) is 2.92. The summed E-state index contributed by atoms with van der Waals surface area (Å²) in [6, 6.07) is -0.729. The Morgan fingerprint density at radius 3 is 1.95 bits per heavy atom. The maximum Gasteiger partial charge on any atom is 0.306 e. The van der Waals surface area contributed by atoms with Crippen LogP contribution in [0.5, 0.6) is 0 Å². The summed E-state index contributed by atoms with van der Waals surface area (Å²) in [6.07, 6.45) is 24.8. The standard InChI is InChI=1S/C34H59NO7/c1-6-8-10-12-14-15-16-17-19-21-23-25-33(37)42-30(28-40-27-26-31(34(38)39)35(3,4)5)29-41-32(36)24-22-20-18-13-11-9-7-2/h8,10,14-15,17,19,30-31H,6-7,9,11-13,16,18,20-29H2,1-5H3/b10-8+,15-14+,19-17+. The van der Waals surface area contributed by atoms with Crippen molar-refractivity contribution in [2.24, 2.45) is 0 Å².